The minimum Gasteiger partial charge on any atom is -0.481 e. The van der Waals surface area contributed by atoms with Gasteiger partial charge in [0.1, 0.15) is 0 Å². The maximum absolute atomic E-state index is 10.7. The molecule has 0 amide bonds. The summed E-state index contributed by atoms with van der Waals surface area (Å²) in [4.78, 5) is 18.5. The number of hydrogen-bond acceptors (Lipinski definition) is 4. The van der Waals surface area contributed by atoms with Gasteiger partial charge in [0.2, 0.25) is 0 Å². The highest BCUT2D eigenvalue weighted by molar-refractivity contribution is 7.09. The average Bonchev–Trinajstić information content (AvgIpc) is 2.78. The maximum atomic E-state index is 10.7. The summed E-state index contributed by atoms with van der Waals surface area (Å²) >= 11 is 1.66. The van der Waals surface area contributed by atoms with Crippen LogP contribution in [0.4, 0.5) is 0 Å². The van der Waals surface area contributed by atoms with E-state index in [-0.39, 0.29) is 12.5 Å². The first-order chi connectivity index (χ1) is 7.66. The van der Waals surface area contributed by atoms with Gasteiger partial charge < -0.3 is 5.11 Å². The summed E-state index contributed by atoms with van der Waals surface area (Å²) in [7, 11) is 0. The van der Waals surface area contributed by atoms with Crippen molar-refractivity contribution in [2.45, 2.75) is 38.8 Å². The average molecular weight is 240 g/mol. The fraction of sp³-hybridized carbons (Fsp3) is 0.636. The van der Waals surface area contributed by atoms with E-state index < -0.39 is 5.97 Å². The zero-order valence-electron chi connectivity index (χ0n) is 9.35. The first-order valence-electron chi connectivity index (χ1n) is 5.51. The van der Waals surface area contributed by atoms with Crippen molar-refractivity contribution in [1.82, 2.24) is 9.88 Å². The molecule has 1 aromatic heterocycles. The fourth-order valence-electron chi connectivity index (χ4n) is 2.20. The van der Waals surface area contributed by atoms with Gasteiger partial charge in [-0.2, -0.15) is 0 Å². The predicted molar refractivity (Wildman–Crippen MR) is 62.5 cm³/mol. The third kappa shape index (κ3) is 2.59. The van der Waals surface area contributed by atoms with Crippen LogP contribution in [0.1, 0.15) is 29.8 Å². The predicted octanol–water partition coefficient (Wildman–Crippen LogP) is 1.89. The van der Waals surface area contributed by atoms with Crippen LogP contribution in [0.25, 0.3) is 0 Å². The molecular formula is C11H16N2O2S. The summed E-state index contributed by atoms with van der Waals surface area (Å²) in [6.45, 7) is 3.87. The number of thiazole rings is 1. The lowest BCUT2D eigenvalue weighted by Crippen LogP contribution is -2.30. The van der Waals surface area contributed by atoms with Crippen LogP contribution in [0.2, 0.25) is 0 Å². The molecule has 0 spiro atoms. The standard InChI is InChI=1S/C11H16N2O2S/c1-8-10(16-7-12-8)6-13-4-2-3-9(13)5-11(14)15/h7,9H,2-6H2,1H3,(H,14,15). The number of carboxylic acids is 1. The Morgan fingerprint density at radius 3 is 3.19 bits per heavy atom. The molecule has 1 aliphatic heterocycles. The number of carbonyl (C=O) groups is 1. The number of rotatable bonds is 4. The third-order valence-electron chi connectivity index (χ3n) is 3.10. The van der Waals surface area contributed by atoms with Crippen molar-refractivity contribution in [3.05, 3.63) is 16.1 Å². The van der Waals surface area contributed by atoms with E-state index >= 15 is 0 Å². The van der Waals surface area contributed by atoms with Gasteiger partial charge in [-0.25, -0.2) is 4.98 Å². The number of hydrogen-bond donors (Lipinski definition) is 1. The van der Waals surface area contributed by atoms with Crippen molar-refractivity contribution in [3.8, 4) is 0 Å². The van der Waals surface area contributed by atoms with E-state index in [0.29, 0.717) is 0 Å². The first-order valence-corrected chi connectivity index (χ1v) is 6.39. The van der Waals surface area contributed by atoms with Gasteiger partial charge >= 0.3 is 5.97 Å². The summed E-state index contributed by atoms with van der Waals surface area (Å²) in [6.07, 6.45) is 2.37. The lowest BCUT2D eigenvalue weighted by atomic mass is 10.1. The van der Waals surface area contributed by atoms with Crippen molar-refractivity contribution in [1.29, 1.82) is 0 Å². The van der Waals surface area contributed by atoms with Gasteiger partial charge in [0, 0.05) is 17.5 Å². The molecule has 5 heteroatoms. The molecule has 2 heterocycles. The Balaban J connectivity index is 1.98. The Kier molecular flexibility index (Phi) is 3.56. The normalized spacial score (nSPS) is 21.4. The van der Waals surface area contributed by atoms with Crippen LogP contribution in [0.3, 0.4) is 0 Å². The van der Waals surface area contributed by atoms with Gasteiger partial charge in [-0.15, -0.1) is 11.3 Å². The van der Waals surface area contributed by atoms with E-state index in [4.69, 9.17) is 5.11 Å². The van der Waals surface area contributed by atoms with E-state index in [2.05, 4.69) is 9.88 Å². The van der Waals surface area contributed by atoms with Crippen LogP contribution in [-0.4, -0.2) is 33.5 Å². The molecule has 1 saturated heterocycles. The molecule has 0 aromatic carbocycles. The Labute approximate surface area is 98.9 Å². The summed E-state index contributed by atoms with van der Waals surface area (Å²) in [5.74, 6) is -0.696. The molecule has 1 atom stereocenters. The molecule has 16 heavy (non-hydrogen) atoms. The molecular weight excluding hydrogens is 224 g/mol. The number of likely N-dealkylation sites (tertiary alicyclic amines) is 1. The van der Waals surface area contributed by atoms with E-state index in [0.717, 1.165) is 31.6 Å². The Morgan fingerprint density at radius 1 is 1.75 bits per heavy atom. The van der Waals surface area contributed by atoms with Crippen molar-refractivity contribution < 1.29 is 9.90 Å². The smallest absolute Gasteiger partial charge is 0.304 e. The molecule has 0 saturated carbocycles. The molecule has 0 radical (unpaired) electrons. The Morgan fingerprint density at radius 2 is 2.56 bits per heavy atom. The number of aliphatic carboxylic acids is 1. The van der Waals surface area contributed by atoms with Crippen molar-refractivity contribution in [3.63, 3.8) is 0 Å². The third-order valence-corrected chi connectivity index (χ3v) is 4.02. The molecule has 1 aliphatic rings. The zero-order chi connectivity index (χ0) is 11.5. The molecule has 1 unspecified atom stereocenters. The summed E-state index contributed by atoms with van der Waals surface area (Å²) in [5.41, 5.74) is 2.93. The van der Waals surface area contributed by atoms with Gasteiger partial charge in [0.25, 0.3) is 0 Å². The van der Waals surface area contributed by atoms with Crippen molar-refractivity contribution in [2.24, 2.45) is 0 Å². The number of aryl methyl sites for hydroxylation is 1. The van der Waals surface area contributed by atoms with E-state index in [1.807, 2.05) is 12.4 Å². The molecule has 4 nitrogen and oxygen atoms in total. The second-order valence-corrected chi connectivity index (χ2v) is 5.16. The summed E-state index contributed by atoms with van der Waals surface area (Å²) < 4.78 is 0. The molecule has 0 aliphatic carbocycles. The highest BCUT2D eigenvalue weighted by atomic mass is 32.1. The number of aromatic nitrogens is 1. The second-order valence-electron chi connectivity index (χ2n) is 4.23. The molecule has 1 aromatic rings. The van der Waals surface area contributed by atoms with Crippen LogP contribution in [0.15, 0.2) is 5.51 Å². The first kappa shape index (κ1) is 11.5. The number of carboxylic acid groups (broad SMARTS) is 1. The Hall–Kier alpha value is -0.940. The summed E-state index contributed by atoms with van der Waals surface area (Å²) in [5, 5.41) is 8.84. The second kappa shape index (κ2) is 4.93. The topological polar surface area (TPSA) is 53.4 Å². The molecule has 0 bridgehead atoms. The van der Waals surface area contributed by atoms with E-state index in [9.17, 15) is 4.79 Å². The van der Waals surface area contributed by atoms with Gasteiger partial charge in [-0.1, -0.05) is 0 Å². The van der Waals surface area contributed by atoms with E-state index in [1.165, 1.54) is 4.88 Å². The molecule has 88 valence electrons. The van der Waals surface area contributed by atoms with Crippen LogP contribution in [0, 0.1) is 6.92 Å². The zero-order valence-corrected chi connectivity index (χ0v) is 10.2. The van der Waals surface area contributed by atoms with Gasteiger partial charge in [0.15, 0.2) is 0 Å². The van der Waals surface area contributed by atoms with Crippen molar-refractivity contribution in [2.75, 3.05) is 6.54 Å². The largest absolute Gasteiger partial charge is 0.481 e. The summed E-state index contributed by atoms with van der Waals surface area (Å²) in [6, 6.07) is 0.207. The maximum Gasteiger partial charge on any atom is 0.304 e. The van der Waals surface area contributed by atoms with Crippen molar-refractivity contribution >= 4 is 17.3 Å². The minimum atomic E-state index is -0.696. The molecule has 1 N–H and O–H groups in total. The molecule has 1 fully saturated rings. The fourth-order valence-corrected chi connectivity index (χ4v) is 3.00. The van der Waals surface area contributed by atoms with Gasteiger partial charge in [-0.05, 0) is 26.3 Å². The van der Waals surface area contributed by atoms with Gasteiger partial charge in [-0.3, -0.25) is 9.69 Å². The quantitative estimate of drug-likeness (QED) is 0.873. The highest BCUT2D eigenvalue weighted by Gasteiger charge is 2.27. The van der Waals surface area contributed by atoms with Crippen LogP contribution >= 0.6 is 11.3 Å². The minimum absolute atomic E-state index is 0.207. The van der Waals surface area contributed by atoms with E-state index in [1.54, 1.807) is 11.3 Å². The molecule has 2 rings (SSSR count). The monoisotopic (exact) mass is 240 g/mol. The Bertz CT molecular complexity index is 378. The number of nitrogens with zero attached hydrogens (tertiary/aromatic N) is 2. The van der Waals surface area contributed by atoms with Crippen LogP contribution in [-0.2, 0) is 11.3 Å². The lowest BCUT2D eigenvalue weighted by Gasteiger charge is -2.22. The van der Waals surface area contributed by atoms with Crippen LogP contribution in [0.5, 0.6) is 0 Å². The lowest BCUT2D eigenvalue weighted by molar-refractivity contribution is -0.138. The van der Waals surface area contributed by atoms with Crippen LogP contribution < -0.4 is 0 Å². The SMILES string of the molecule is Cc1ncsc1CN1CCCC1CC(=O)O. The van der Waals surface area contributed by atoms with Gasteiger partial charge in [0.05, 0.1) is 17.6 Å². The highest BCUT2D eigenvalue weighted by Crippen LogP contribution is 2.24.